The first kappa shape index (κ1) is 36.8. The number of carbonyl (C=O) groups is 2. The molecular formula is C32H34Cl2F3NO8. The first-order valence-electron chi connectivity index (χ1n) is 14.3. The highest BCUT2D eigenvalue weighted by molar-refractivity contribution is 6.34. The van der Waals surface area contributed by atoms with Crippen LogP contribution in [0.4, 0.5) is 18.0 Å². The van der Waals surface area contributed by atoms with Crippen molar-refractivity contribution in [2.75, 3.05) is 32.9 Å². The first-order chi connectivity index (χ1) is 21.9. The summed E-state index contributed by atoms with van der Waals surface area (Å²) in [5, 5.41) is 10.3. The van der Waals surface area contributed by atoms with E-state index in [1.165, 1.54) is 23.1 Å². The number of carboxylic acid groups (broad SMARTS) is 1. The van der Waals surface area contributed by atoms with E-state index in [-0.39, 0.29) is 45.1 Å². The number of amides is 1. The molecule has 0 aliphatic heterocycles. The van der Waals surface area contributed by atoms with E-state index in [4.69, 9.17) is 42.1 Å². The van der Waals surface area contributed by atoms with Gasteiger partial charge < -0.3 is 33.7 Å². The van der Waals surface area contributed by atoms with E-state index in [0.29, 0.717) is 35.2 Å². The lowest BCUT2D eigenvalue weighted by Gasteiger charge is -2.23. The molecule has 0 fully saturated rings. The van der Waals surface area contributed by atoms with Gasteiger partial charge in [0.05, 0.1) is 13.2 Å². The maximum Gasteiger partial charge on any atom is 0.573 e. The molecule has 1 N–H and O–H groups in total. The van der Waals surface area contributed by atoms with Crippen LogP contribution in [0.25, 0.3) is 0 Å². The van der Waals surface area contributed by atoms with Gasteiger partial charge in [-0.2, -0.15) is 0 Å². The van der Waals surface area contributed by atoms with Crippen molar-refractivity contribution in [2.45, 2.75) is 45.3 Å². The molecule has 3 aromatic rings. The Morgan fingerprint density at radius 3 is 2.20 bits per heavy atom. The fourth-order valence-corrected chi connectivity index (χ4v) is 4.79. The Morgan fingerprint density at radius 1 is 0.891 bits per heavy atom. The predicted molar refractivity (Wildman–Crippen MR) is 165 cm³/mol. The topological polar surface area (TPSA) is 104 Å². The SMILES string of the molecule is CCOC(Cc1ccc(OCCN(CCCCOCc2cc(Cl)cc(Cl)c2)C(=O)Oc2ccccc2OC(F)(F)F)cc1)C(=O)O. The third kappa shape index (κ3) is 13.3. The van der Waals surface area contributed by atoms with Gasteiger partial charge in [-0.1, -0.05) is 47.5 Å². The molecule has 3 aromatic carbocycles. The second-order valence-corrected chi connectivity index (χ2v) is 10.7. The highest BCUT2D eigenvalue weighted by atomic mass is 35.5. The number of carbonyl (C=O) groups excluding carboxylic acids is 1. The van der Waals surface area contributed by atoms with Gasteiger partial charge in [-0.25, -0.2) is 9.59 Å². The fraction of sp³-hybridized carbons (Fsp3) is 0.375. The van der Waals surface area contributed by atoms with E-state index >= 15 is 0 Å². The van der Waals surface area contributed by atoms with E-state index in [1.807, 2.05) is 0 Å². The number of ether oxygens (including phenoxy) is 5. The number of halogens is 5. The summed E-state index contributed by atoms with van der Waals surface area (Å²) in [6.07, 6.45) is -5.59. The average molecular weight is 689 g/mol. The van der Waals surface area contributed by atoms with Gasteiger partial charge in [0.25, 0.3) is 0 Å². The number of para-hydroxylation sites is 2. The van der Waals surface area contributed by atoms with Gasteiger partial charge in [0, 0.05) is 36.2 Å². The molecule has 0 aromatic heterocycles. The van der Waals surface area contributed by atoms with E-state index in [2.05, 4.69) is 4.74 Å². The van der Waals surface area contributed by atoms with Crippen molar-refractivity contribution in [3.05, 3.63) is 87.9 Å². The van der Waals surface area contributed by atoms with Crippen LogP contribution in [0.2, 0.25) is 10.0 Å². The second kappa shape index (κ2) is 18.4. The summed E-state index contributed by atoms with van der Waals surface area (Å²) in [6.45, 7) is 2.93. The maximum absolute atomic E-state index is 13.1. The average Bonchev–Trinajstić information content (AvgIpc) is 2.98. The Kier molecular flexibility index (Phi) is 14.7. The Morgan fingerprint density at radius 2 is 1.57 bits per heavy atom. The van der Waals surface area contributed by atoms with E-state index < -0.39 is 30.3 Å². The zero-order valence-electron chi connectivity index (χ0n) is 24.9. The van der Waals surface area contributed by atoms with Gasteiger partial charge in [0.2, 0.25) is 0 Å². The Hall–Kier alpha value is -3.71. The van der Waals surface area contributed by atoms with Crippen molar-refractivity contribution in [2.24, 2.45) is 0 Å². The van der Waals surface area contributed by atoms with Crippen LogP contribution in [0.15, 0.2) is 66.7 Å². The lowest BCUT2D eigenvalue weighted by Crippen LogP contribution is -2.37. The molecule has 0 spiro atoms. The summed E-state index contributed by atoms with van der Waals surface area (Å²) in [5.74, 6) is -1.62. The maximum atomic E-state index is 13.1. The van der Waals surface area contributed by atoms with Crippen molar-refractivity contribution >= 4 is 35.3 Å². The van der Waals surface area contributed by atoms with Crippen molar-refractivity contribution in [3.8, 4) is 17.2 Å². The first-order valence-corrected chi connectivity index (χ1v) is 15.1. The summed E-state index contributed by atoms with van der Waals surface area (Å²) in [7, 11) is 0. The Labute approximate surface area is 274 Å². The van der Waals surface area contributed by atoms with Gasteiger partial charge in [-0.3, -0.25) is 0 Å². The van der Waals surface area contributed by atoms with Crippen LogP contribution >= 0.6 is 23.2 Å². The number of hydrogen-bond donors (Lipinski definition) is 1. The van der Waals surface area contributed by atoms with Crippen molar-refractivity contribution in [1.82, 2.24) is 4.90 Å². The van der Waals surface area contributed by atoms with E-state index in [9.17, 15) is 27.9 Å². The molecular weight excluding hydrogens is 654 g/mol. The zero-order valence-corrected chi connectivity index (χ0v) is 26.4. The molecule has 46 heavy (non-hydrogen) atoms. The number of nitrogens with zero attached hydrogens (tertiary/aromatic N) is 1. The zero-order chi connectivity index (χ0) is 33.5. The van der Waals surface area contributed by atoms with Crippen LogP contribution in [0.3, 0.4) is 0 Å². The quantitative estimate of drug-likeness (QED) is 0.135. The third-order valence-corrected chi connectivity index (χ3v) is 6.74. The fourth-order valence-electron chi connectivity index (χ4n) is 4.22. The number of benzene rings is 3. The molecule has 0 radical (unpaired) electrons. The monoisotopic (exact) mass is 687 g/mol. The number of alkyl halides is 3. The standard InChI is InChI=1S/C32H34Cl2F3NO8/c1-2-43-29(30(39)40)19-22-9-11-26(12-10-22)44-16-14-38(13-5-6-15-42-21-23-17-24(33)20-25(34)18-23)31(41)45-27-7-3-4-8-28(27)46-32(35,36)37/h3-4,7-12,17-18,20,29H,2,5-6,13-16,19,21H2,1H3,(H,39,40). The van der Waals surface area contributed by atoms with Crippen LogP contribution < -0.4 is 14.2 Å². The van der Waals surface area contributed by atoms with Crippen LogP contribution in [0, 0.1) is 0 Å². The molecule has 250 valence electrons. The smallest absolute Gasteiger partial charge is 0.492 e. The minimum absolute atomic E-state index is 0.0396. The molecule has 0 bridgehead atoms. The van der Waals surface area contributed by atoms with Gasteiger partial charge in [-0.05, 0) is 73.4 Å². The molecule has 0 saturated heterocycles. The molecule has 0 saturated carbocycles. The molecule has 0 aliphatic carbocycles. The highest BCUT2D eigenvalue weighted by Gasteiger charge is 2.33. The summed E-state index contributed by atoms with van der Waals surface area (Å²) in [6, 6.07) is 16.8. The van der Waals surface area contributed by atoms with Crippen LogP contribution in [-0.2, 0) is 27.3 Å². The Balaban J connectivity index is 1.58. The van der Waals surface area contributed by atoms with Gasteiger partial charge in [-0.15, -0.1) is 13.2 Å². The minimum Gasteiger partial charge on any atom is -0.492 e. The molecule has 1 unspecified atom stereocenters. The third-order valence-electron chi connectivity index (χ3n) is 6.31. The molecule has 3 rings (SSSR count). The number of unbranched alkanes of at least 4 members (excludes halogenated alkanes) is 1. The highest BCUT2D eigenvalue weighted by Crippen LogP contribution is 2.32. The minimum atomic E-state index is -4.97. The number of carboxylic acids is 1. The summed E-state index contributed by atoms with van der Waals surface area (Å²) in [5.41, 5.74) is 1.54. The van der Waals surface area contributed by atoms with Crippen LogP contribution in [0.5, 0.6) is 17.2 Å². The lowest BCUT2D eigenvalue weighted by molar-refractivity contribution is -0.275. The van der Waals surface area contributed by atoms with E-state index in [0.717, 1.165) is 17.2 Å². The van der Waals surface area contributed by atoms with Gasteiger partial charge in [0.1, 0.15) is 12.4 Å². The molecule has 1 amide bonds. The number of hydrogen-bond acceptors (Lipinski definition) is 7. The van der Waals surface area contributed by atoms with Crippen molar-refractivity contribution in [3.63, 3.8) is 0 Å². The lowest BCUT2D eigenvalue weighted by atomic mass is 10.1. The summed E-state index contributed by atoms with van der Waals surface area (Å²) in [4.78, 5) is 25.8. The van der Waals surface area contributed by atoms with Crippen molar-refractivity contribution in [1.29, 1.82) is 0 Å². The molecule has 9 nitrogen and oxygen atoms in total. The molecule has 0 heterocycles. The van der Waals surface area contributed by atoms with Crippen LogP contribution in [0.1, 0.15) is 30.9 Å². The number of rotatable bonds is 18. The largest absolute Gasteiger partial charge is 0.573 e. The van der Waals surface area contributed by atoms with E-state index in [1.54, 1.807) is 49.4 Å². The predicted octanol–water partition coefficient (Wildman–Crippen LogP) is 7.80. The molecule has 14 heteroatoms. The Bertz CT molecular complexity index is 1390. The van der Waals surface area contributed by atoms with Crippen molar-refractivity contribution < 1.29 is 51.6 Å². The normalized spacial score (nSPS) is 12.0. The number of aliphatic carboxylic acids is 1. The molecule has 0 aliphatic rings. The summed E-state index contributed by atoms with van der Waals surface area (Å²) >= 11 is 12.0. The second-order valence-electron chi connectivity index (χ2n) is 9.87. The van der Waals surface area contributed by atoms with Gasteiger partial charge in [0.15, 0.2) is 17.6 Å². The van der Waals surface area contributed by atoms with Crippen LogP contribution in [-0.4, -0.2) is 67.4 Å². The van der Waals surface area contributed by atoms with Gasteiger partial charge >= 0.3 is 18.4 Å². The summed E-state index contributed by atoms with van der Waals surface area (Å²) < 4.78 is 64.6. The molecule has 1 atom stereocenters.